The molecule has 3 atom stereocenters. The van der Waals surface area contributed by atoms with E-state index in [2.05, 4.69) is 21.3 Å². The Morgan fingerprint density at radius 2 is 2.17 bits per heavy atom. The lowest BCUT2D eigenvalue weighted by molar-refractivity contribution is 0.189. The third-order valence-corrected chi connectivity index (χ3v) is 5.87. The van der Waals surface area contributed by atoms with Crippen LogP contribution in [0.3, 0.4) is 0 Å². The lowest BCUT2D eigenvalue weighted by Crippen LogP contribution is -2.48. The zero-order valence-electron chi connectivity index (χ0n) is 15.1. The number of nitriles is 1. The standard InChI is InChI=1S/C18H15ClN8O2/c19-17-24(9-20)7-14-26(17)13-4-2-1-3-12(13)15-21-10-25(27(14)15)18-22-16(29-23-18)11-5-6-28-8-11/h1-4,7,10-11,15,17H,5-6,8H2. The topological polar surface area (TPSA) is 97.3 Å². The zero-order chi connectivity index (χ0) is 19.5. The summed E-state index contributed by atoms with van der Waals surface area (Å²) in [6.07, 6.45) is 6.03. The van der Waals surface area contributed by atoms with E-state index < -0.39 is 5.62 Å². The Labute approximate surface area is 170 Å². The lowest BCUT2D eigenvalue weighted by Gasteiger charge is -2.42. The zero-order valence-corrected chi connectivity index (χ0v) is 15.8. The van der Waals surface area contributed by atoms with Crippen molar-refractivity contribution in [1.29, 1.82) is 5.26 Å². The van der Waals surface area contributed by atoms with Crippen LogP contribution >= 0.6 is 11.6 Å². The molecule has 146 valence electrons. The van der Waals surface area contributed by atoms with Gasteiger partial charge in [-0.2, -0.15) is 10.2 Å². The van der Waals surface area contributed by atoms with Crippen molar-refractivity contribution in [3.63, 3.8) is 0 Å². The molecule has 4 aliphatic rings. The quantitative estimate of drug-likeness (QED) is 0.419. The first kappa shape index (κ1) is 16.6. The predicted octanol–water partition coefficient (Wildman–Crippen LogP) is 2.28. The summed E-state index contributed by atoms with van der Waals surface area (Å²) in [6, 6.07) is 7.87. The molecule has 0 aliphatic carbocycles. The van der Waals surface area contributed by atoms with Gasteiger partial charge < -0.3 is 9.26 Å². The number of hydrogen-bond donors (Lipinski definition) is 0. The minimum atomic E-state index is -0.670. The average molecular weight is 411 g/mol. The maximum absolute atomic E-state index is 9.48. The number of rotatable bonds is 2. The summed E-state index contributed by atoms with van der Waals surface area (Å²) < 4.78 is 10.9. The Kier molecular flexibility index (Phi) is 3.50. The number of benzene rings is 1. The number of hydrazine groups is 1. The van der Waals surface area contributed by atoms with Crippen LogP contribution in [0.25, 0.3) is 0 Å². The molecule has 5 heterocycles. The van der Waals surface area contributed by atoms with Crippen molar-refractivity contribution in [3.05, 3.63) is 47.7 Å². The van der Waals surface area contributed by atoms with Gasteiger partial charge in [0.05, 0.1) is 24.4 Å². The number of para-hydroxylation sites is 1. The van der Waals surface area contributed by atoms with E-state index in [-0.39, 0.29) is 12.1 Å². The summed E-state index contributed by atoms with van der Waals surface area (Å²) in [5, 5.41) is 17.3. The summed E-state index contributed by atoms with van der Waals surface area (Å²) in [7, 11) is 0. The highest BCUT2D eigenvalue weighted by atomic mass is 35.5. The van der Waals surface area contributed by atoms with Gasteiger partial charge in [0.2, 0.25) is 5.89 Å². The summed E-state index contributed by atoms with van der Waals surface area (Å²) in [4.78, 5) is 12.5. The molecule has 0 bridgehead atoms. The van der Waals surface area contributed by atoms with E-state index in [9.17, 15) is 5.26 Å². The first-order valence-electron chi connectivity index (χ1n) is 9.21. The van der Waals surface area contributed by atoms with Gasteiger partial charge in [-0.25, -0.2) is 19.9 Å². The highest BCUT2D eigenvalue weighted by Gasteiger charge is 2.48. The molecule has 1 saturated heterocycles. The van der Waals surface area contributed by atoms with Crippen molar-refractivity contribution in [2.75, 3.05) is 23.1 Å². The van der Waals surface area contributed by atoms with E-state index >= 15 is 0 Å². The fourth-order valence-electron chi connectivity index (χ4n) is 4.06. The molecule has 1 fully saturated rings. The van der Waals surface area contributed by atoms with Gasteiger partial charge in [-0.3, -0.25) is 4.90 Å². The van der Waals surface area contributed by atoms with E-state index in [4.69, 9.17) is 20.9 Å². The largest absolute Gasteiger partial charge is 0.381 e. The number of aliphatic imine (C=N–C) groups is 1. The fourth-order valence-corrected chi connectivity index (χ4v) is 4.37. The van der Waals surface area contributed by atoms with Crippen LogP contribution in [-0.2, 0) is 4.74 Å². The van der Waals surface area contributed by atoms with E-state index in [0.717, 1.165) is 17.7 Å². The van der Waals surface area contributed by atoms with Crippen molar-refractivity contribution < 1.29 is 9.26 Å². The first-order valence-corrected chi connectivity index (χ1v) is 9.65. The third kappa shape index (κ3) is 2.28. The van der Waals surface area contributed by atoms with E-state index in [1.54, 1.807) is 17.5 Å². The minimum Gasteiger partial charge on any atom is -0.381 e. The normalized spacial score (nSPS) is 27.0. The number of alkyl halides is 1. The van der Waals surface area contributed by atoms with Crippen LogP contribution in [0, 0.1) is 11.5 Å². The van der Waals surface area contributed by atoms with Crippen LogP contribution in [0.2, 0.25) is 0 Å². The smallest absolute Gasteiger partial charge is 0.290 e. The van der Waals surface area contributed by atoms with Crippen molar-refractivity contribution in [3.8, 4) is 6.19 Å². The van der Waals surface area contributed by atoms with Gasteiger partial charge in [-0.1, -0.05) is 29.8 Å². The maximum atomic E-state index is 9.48. The van der Waals surface area contributed by atoms with Crippen molar-refractivity contribution in [2.24, 2.45) is 4.99 Å². The molecule has 0 spiro atoms. The highest BCUT2D eigenvalue weighted by molar-refractivity contribution is 6.22. The molecule has 10 nitrogen and oxygen atoms in total. The van der Waals surface area contributed by atoms with Crippen LogP contribution in [0.1, 0.15) is 30.0 Å². The Morgan fingerprint density at radius 3 is 3.00 bits per heavy atom. The number of anilines is 2. The van der Waals surface area contributed by atoms with Crippen LogP contribution in [0.5, 0.6) is 0 Å². The monoisotopic (exact) mass is 410 g/mol. The molecule has 11 heteroatoms. The number of halogens is 1. The second kappa shape index (κ2) is 6.10. The average Bonchev–Trinajstić information content (AvgIpc) is 3.52. The number of hydrogen-bond acceptors (Lipinski definition) is 10. The number of nitrogens with zero attached hydrogens (tertiary/aromatic N) is 8. The second-order valence-electron chi connectivity index (χ2n) is 7.05. The summed E-state index contributed by atoms with van der Waals surface area (Å²) in [5.41, 5.74) is 1.21. The SMILES string of the molecule is N#CN1C=C2N(c3ccccc3C3N=CN(c4noc(C5CCOC5)n4)N23)C1Cl. The second-order valence-corrected chi connectivity index (χ2v) is 7.44. The van der Waals surface area contributed by atoms with Crippen LogP contribution in [-0.4, -0.2) is 45.2 Å². The van der Waals surface area contributed by atoms with Gasteiger partial charge in [0, 0.05) is 12.2 Å². The summed E-state index contributed by atoms with van der Waals surface area (Å²) in [6.45, 7) is 1.28. The third-order valence-electron chi connectivity index (χ3n) is 5.46. The van der Waals surface area contributed by atoms with Gasteiger partial charge in [-0.05, 0) is 17.6 Å². The van der Waals surface area contributed by atoms with E-state index in [1.807, 2.05) is 34.2 Å². The minimum absolute atomic E-state index is 0.108. The molecule has 1 aromatic carbocycles. The molecule has 2 aromatic rings. The Bertz CT molecular complexity index is 1070. The maximum Gasteiger partial charge on any atom is 0.290 e. The van der Waals surface area contributed by atoms with Crippen LogP contribution in [0.4, 0.5) is 11.6 Å². The predicted molar refractivity (Wildman–Crippen MR) is 102 cm³/mol. The van der Waals surface area contributed by atoms with Gasteiger partial charge in [0.15, 0.2) is 23.8 Å². The Morgan fingerprint density at radius 1 is 1.28 bits per heavy atom. The van der Waals surface area contributed by atoms with Gasteiger partial charge >= 0.3 is 0 Å². The summed E-state index contributed by atoms with van der Waals surface area (Å²) in [5.74, 6) is 1.75. The molecular formula is C18H15ClN8O2. The number of aromatic nitrogens is 2. The molecule has 3 unspecified atom stereocenters. The van der Waals surface area contributed by atoms with Crippen LogP contribution in [0.15, 0.2) is 45.8 Å². The molecular weight excluding hydrogens is 396 g/mol. The van der Waals surface area contributed by atoms with Gasteiger partial charge in [0.25, 0.3) is 5.95 Å². The van der Waals surface area contributed by atoms with Crippen molar-refractivity contribution in [1.82, 2.24) is 20.0 Å². The van der Waals surface area contributed by atoms with Crippen molar-refractivity contribution >= 4 is 29.6 Å². The van der Waals surface area contributed by atoms with E-state index in [0.29, 0.717) is 30.9 Å². The molecule has 0 saturated carbocycles. The highest BCUT2D eigenvalue weighted by Crippen LogP contribution is 2.48. The molecule has 0 radical (unpaired) electrons. The number of ether oxygens (including phenoxy) is 1. The summed E-state index contributed by atoms with van der Waals surface area (Å²) >= 11 is 6.58. The van der Waals surface area contributed by atoms with Crippen molar-refractivity contribution in [2.45, 2.75) is 24.1 Å². The van der Waals surface area contributed by atoms with Gasteiger partial charge in [0.1, 0.15) is 6.34 Å². The Hall–Kier alpha value is -3.29. The van der Waals surface area contributed by atoms with Gasteiger partial charge in [-0.15, -0.1) is 0 Å². The molecule has 4 aliphatic heterocycles. The fraction of sp³-hybridized carbons (Fsp3) is 0.333. The van der Waals surface area contributed by atoms with Crippen LogP contribution < -0.4 is 9.91 Å². The molecule has 0 amide bonds. The lowest BCUT2D eigenvalue weighted by atomic mass is 10.1. The molecule has 29 heavy (non-hydrogen) atoms. The molecule has 6 rings (SSSR count). The molecule has 0 N–H and O–H groups in total. The first-order chi connectivity index (χ1) is 14.3. The number of fused-ring (bicyclic) bond motifs is 6. The van der Waals surface area contributed by atoms with E-state index in [1.165, 1.54) is 4.90 Å². The molecule has 1 aromatic heterocycles. The Balaban J connectivity index is 1.42.